The number of carbonyl (C=O) groups is 1. The Labute approximate surface area is 370 Å². The van der Waals surface area contributed by atoms with Gasteiger partial charge in [0, 0.05) is 49.9 Å². The van der Waals surface area contributed by atoms with Crippen molar-refractivity contribution in [1.29, 1.82) is 0 Å². The largest absolute Gasteiger partial charge is 0.392 e. The molecular weight excluding hydrogens is 761 g/mol. The molecule has 0 radical (unpaired) electrons. The fourth-order valence-corrected chi connectivity index (χ4v) is 9.19. The molecule has 2 aliphatic heterocycles. The molecule has 324 valence electrons. The third-order valence-corrected chi connectivity index (χ3v) is 12.8. The van der Waals surface area contributed by atoms with Crippen molar-refractivity contribution in [3.8, 4) is 22.3 Å². The van der Waals surface area contributed by atoms with E-state index in [0.29, 0.717) is 5.56 Å². The van der Waals surface area contributed by atoms with Crippen molar-refractivity contribution in [2.75, 3.05) is 0 Å². The zero-order chi connectivity index (χ0) is 42.9. The maximum atomic E-state index is 11.7. The Bertz CT molecular complexity index is 2450. The molecule has 5 heterocycles. The van der Waals surface area contributed by atoms with Crippen LogP contribution in [-0.4, -0.2) is 31.3 Å². The van der Waals surface area contributed by atoms with Crippen LogP contribution in [0.4, 0.5) is 0 Å². The topological polar surface area (TPSA) is 94.7 Å². The molecule has 5 aromatic rings. The van der Waals surface area contributed by atoms with E-state index in [1.165, 1.54) is 114 Å². The first kappa shape index (κ1) is 44.7. The first-order valence-electron chi connectivity index (χ1n) is 24.0. The van der Waals surface area contributed by atoms with Crippen molar-refractivity contribution in [3.63, 3.8) is 0 Å². The molecule has 2 aliphatic rings. The van der Waals surface area contributed by atoms with E-state index < -0.39 is 0 Å². The highest BCUT2D eigenvalue weighted by atomic mass is 16.3. The van der Waals surface area contributed by atoms with Gasteiger partial charge in [-0.1, -0.05) is 165 Å². The molecule has 0 fully saturated rings. The van der Waals surface area contributed by atoms with Gasteiger partial charge in [-0.2, -0.15) is 0 Å². The van der Waals surface area contributed by atoms with Crippen LogP contribution in [0, 0.1) is 0 Å². The van der Waals surface area contributed by atoms with Crippen LogP contribution in [0.5, 0.6) is 0 Å². The Morgan fingerprint density at radius 1 is 0.452 bits per heavy atom. The minimum atomic E-state index is -0.00939. The van der Waals surface area contributed by atoms with Crippen molar-refractivity contribution in [2.45, 2.75) is 149 Å². The second-order valence-corrected chi connectivity index (χ2v) is 17.5. The molecule has 3 N–H and O–H groups in total. The number of aldehydes is 1. The maximum Gasteiger partial charge on any atom is 0.150 e. The Morgan fingerprint density at radius 3 is 1.24 bits per heavy atom. The van der Waals surface area contributed by atoms with Gasteiger partial charge < -0.3 is 15.1 Å². The number of fused-ring (bicyclic) bond motifs is 8. The average molecular weight is 829 g/mol. The highest BCUT2D eigenvalue weighted by Gasteiger charge is 2.18. The monoisotopic (exact) mass is 829 g/mol. The number of rotatable bonds is 24. The Morgan fingerprint density at radius 2 is 0.823 bits per heavy atom. The molecule has 8 bridgehead atoms. The first-order chi connectivity index (χ1) is 30.6. The van der Waals surface area contributed by atoms with Crippen LogP contribution in [0.1, 0.15) is 179 Å². The van der Waals surface area contributed by atoms with Crippen LogP contribution in [0.2, 0.25) is 0 Å². The van der Waals surface area contributed by atoms with Gasteiger partial charge >= 0.3 is 0 Å². The first-order valence-corrected chi connectivity index (χ1v) is 24.0. The van der Waals surface area contributed by atoms with E-state index in [1.807, 2.05) is 36.4 Å². The van der Waals surface area contributed by atoms with E-state index in [-0.39, 0.29) is 6.61 Å². The lowest BCUT2D eigenvalue weighted by atomic mass is 10.0. The predicted octanol–water partition coefficient (Wildman–Crippen LogP) is 15.4. The summed E-state index contributed by atoms with van der Waals surface area (Å²) >= 11 is 0. The number of hydrogen-bond acceptors (Lipinski definition) is 4. The molecular formula is C56H68N4O2. The molecule has 0 unspecified atom stereocenters. The zero-order valence-electron chi connectivity index (χ0n) is 37.4. The quantitative estimate of drug-likeness (QED) is 0.0418. The van der Waals surface area contributed by atoms with Gasteiger partial charge in [0.05, 0.1) is 29.4 Å². The fourth-order valence-electron chi connectivity index (χ4n) is 9.19. The smallest absolute Gasteiger partial charge is 0.150 e. The van der Waals surface area contributed by atoms with Crippen LogP contribution in [0.15, 0.2) is 72.8 Å². The summed E-state index contributed by atoms with van der Waals surface area (Å²) in [6, 6.07) is 24.8. The highest BCUT2D eigenvalue weighted by Crippen LogP contribution is 2.36. The number of aromatic nitrogens is 4. The Hall–Kier alpha value is -5.33. The second-order valence-electron chi connectivity index (χ2n) is 17.5. The summed E-state index contributed by atoms with van der Waals surface area (Å²) in [4.78, 5) is 30.3. The number of carbonyl (C=O) groups excluding carboxylic acids is 1. The number of nitrogens with one attached hydrogen (secondary N) is 2. The molecule has 0 spiro atoms. The van der Waals surface area contributed by atoms with Crippen molar-refractivity contribution in [2.24, 2.45) is 0 Å². The summed E-state index contributed by atoms with van der Waals surface area (Å²) < 4.78 is 0. The van der Waals surface area contributed by atoms with Crippen LogP contribution in [-0.2, 0) is 19.4 Å². The highest BCUT2D eigenvalue weighted by molar-refractivity contribution is 5.96. The van der Waals surface area contributed by atoms with Crippen LogP contribution >= 0.6 is 0 Å². The van der Waals surface area contributed by atoms with Gasteiger partial charge in [0.2, 0.25) is 0 Å². The average Bonchev–Trinajstić information content (AvgIpc) is 4.16. The van der Waals surface area contributed by atoms with E-state index in [2.05, 4.69) is 84.5 Å². The lowest BCUT2D eigenvalue weighted by molar-refractivity contribution is 0.112. The molecule has 6 heteroatoms. The van der Waals surface area contributed by atoms with Gasteiger partial charge in [0.1, 0.15) is 6.29 Å². The number of aliphatic hydroxyl groups excluding tert-OH is 1. The number of aromatic amines is 2. The lowest BCUT2D eigenvalue weighted by Gasteiger charge is -2.07. The molecule has 7 rings (SSSR count). The lowest BCUT2D eigenvalue weighted by Crippen LogP contribution is -1.95. The third-order valence-electron chi connectivity index (χ3n) is 12.8. The zero-order valence-corrected chi connectivity index (χ0v) is 37.4. The van der Waals surface area contributed by atoms with Crippen molar-refractivity contribution >= 4 is 52.7 Å². The minimum absolute atomic E-state index is 0.00939. The number of aryl methyl sites for hydroxylation is 2. The third kappa shape index (κ3) is 11.6. The number of aliphatic hydroxyl groups is 1. The number of hydrogen-bond donors (Lipinski definition) is 3. The number of unbranched alkanes of at least 4 members (excludes halogenated alkanes) is 16. The van der Waals surface area contributed by atoms with Crippen molar-refractivity contribution in [3.05, 3.63) is 118 Å². The molecule has 0 saturated carbocycles. The fraction of sp³-hybridized carbons (Fsp3) is 0.411. The molecule has 2 aromatic carbocycles. The molecule has 0 amide bonds. The molecule has 0 saturated heterocycles. The molecule has 0 atom stereocenters. The summed E-state index contributed by atoms with van der Waals surface area (Å²) in [5.74, 6) is 0. The normalized spacial score (nSPS) is 12.1. The summed E-state index contributed by atoms with van der Waals surface area (Å²) in [5.41, 5.74) is 15.9. The van der Waals surface area contributed by atoms with Gasteiger partial charge in [-0.25, -0.2) is 9.97 Å². The van der Waals surface area contributed by atoms with E-state index in [0.717, 1.165) is 105 Å². The molecule has 3 aromatic heterocycles. The van der Waals surface area contributed by atoms with Gasteiger partial charge in [-0.3, -0.25) is 4.79 Å². The van der Waals surface area contributed by atoms with Crippen LogP contribution in [0.3, 0.4) is 0 Å². The summed E-state index contributed by atoms with van der Waals surface area (Å²) in [5, 5.41) is 9.90. The number of benzene rings is 2. The van der Waals surface area contributed by atoms with E-state index in [9.17, 15) is 9.90 Å². The van der Waals surface area contributed by atoms with Crippen molar-refractivity contribution in [1.82, 2.24) is 19.9 Å². The number of H-pyrrole nitrogens is 2. The standard InChI is InChI=1S/C56H68N4O2/c1-3-5-7-9-11-13-15-17-19-21-45-47-31-32-48(57-47)46(22-20-18-16-14-12-10-8-6-4-2)50-34-36-52(59-50)56(44-29-25-42(40-62)26-30-44)54-38-37-53(60-54)55(51-35-33-49(45)58-51)43-27-23-41(39-61)24-28-43/h23-39,58-59,62H,3-22,40H2,1-2H3. The van der Waals surface area contributed by atoms with Gasteiger partial charge in [-0.15, -0.1) is 0 Å². The van der Waals surface area contributed by atoms with Gasteiger partial charge in [0.15, 0.2) is 0 Å². The predicted molar refractivity (Wildman–Crippen MR) is 263 cm³/mol. The van der Waals surface area contributed by atoms with Gasteiger partial charge in [0.25, 0.3) is 0 Å². The second kappa shape index (κ2) is 23.2. The summed E-state index contributed by atoms with van der Waals surface area (Å²) in [6.45, 7) is 4.56. The summed E-state index contributed by atoms with van der Waals surface area (Å²) in [6.07, 6.45) is 34.7. The molecule has 62 heavy (non-hydrogen) atoms. The van der Waals surface area contributed by atoms with E-state index >= 15 is 0 Å². The van der Waals surface area contributed by atoms with Gasteiger partial charge in [-0.05, 0) is 90.9 Å². The number of nitrogens with zero attached hydrogens (tertiary/aromatic N) is 2. The van der Waals surface area contributed by atoms with E-state index in [1.54, 1.807) is 0 Å². The Kier molecular flexibility index (Phi) is 16.7. The summed E-state index contributed by atoms with van der Waals surface area (Å²) in [7, 11) is 0. The van der Waals surface area contributed by atoms with Crippen LogP contribution in [0.25, 0.3) is 68.6 Å². The molecule has 6 nitrogen and oxygen atoms in total. The SMILES string of the molecule is CCCCCCCCCCCc1c2nc(c(CCCCCCCCCCC)c3ccc([nH]3)c(-c3ccc(CO)cc3)c3nc(c(-c4ccc(C=O)cc4)c4ccc1[nH]4)C=C3)C=C2. The Balaban J connectivity index is 1.36. The van der Waals surface area contributed by atoms with Crippen LogP contribution < -0.4 is 0 Å². The minimum Gasteiger partial charge on any atom is -0.392 e. The van der Waals surface area contributed by atoms with E-state index in [4.69, 9.17) is 9.97 Å². The molecule has 0 aliphatic carbocycles. The maximum absolute atomic E-state index is 11.7. The van der Waals surface area contributed by atoms with Crippen molar-refractivity contribution < 1.29 is 9.90 Å².